The Balaban J connectivity index is 2.75. The second kappa shape index (κ2) is 4.86. The Labute approximate surface area is 110 Å². The van der Waals surface area contributed by atoms with Gasteiger partial charge in [-0.15, -0.1) is 0 Å². The Hall–Kier alpha value is -1.75. The molecule has 2 nitrogen and oxygen atoms in total. The lowest BCUT2D eigenvalue weighted by molar-refractivity contribution is 0.0693. The third-order valence-electron chi connectivity index (χ3n) is 2.47. The maximum atomic E-state index is 13.9. The second-order valence-electron chi connectivity index (χ2n) is 3.57. The number of hydrogen-bond donors (Lipinski definition) is 1. The van der Waals surface area contributed by atoms with Gasteiger partial charge in [-0.3, -0.25) is 0 Å². The molecule has 2 aromatic carbocycles. The van der Waals surface area contributed by atoms with Gasteiger partial charge in [0.25, 0.3) is 0 Å². The molecule has 0 amide bonds. The van der Waals surface area contributed by atoms with Crippen molar-refractivity contribution in [2.45, 2.75) is 0 Å². The maximum Gasteiger partial charge on any atom is 0.339 e. The van der Waals surface area contributed by atoms with Crippen molar-refractivity contribution < 1.29 is 18.7 Å². The van der Waals surface area contributed by atoms with E-state index in [0.29, 0.717) is 0 Å². The zero-order valence-corrected chi connectivity index (χ0v) is 10.5. The van der Waals surface area contributed by atoms with E-state index in [1.807, 2.05) is 0 Å². The third-order valence-corrected chi connectivity index (χ3v) is 3.08. The van der Waals surface area contributed by atoms with E-state index in [0.717, 1.165) is 6.07 Å². The summed E-state index contributed by atoms with van der Waals surface area (Å²) in [6.07, 6.45) is 0. The summed E-state index contributed by atoms with van der Waals surface area (Å²) < 4.78 is 27.6. The van der Waals surface area contributed by atoms with Crippen molar-refractivity contribution in [1.29, 1.82) is 0 Å². The average molecular weight is 313 g/mol. The highest BCUT2D eigenvalue weighted by atomic mass is 79.9. The molecule has 0 spiro atoms. The molecule has 0 radical (unpaired) electrons. The van der Waals surface area contributed by atoms with E-state index in [1.165, 1.54) is 24.3 Å². The average Bonchev–Trinajstić information content (AvgIpc) is 2.32. The van der Waals surface area contributed by atoms with Gasteiger partial charge in [0.15, 0.2) is 0 Å². The standard InChI is InChI=1S/C13H7BrF2O2/c14-9-5-1-4-8(12(9)16)7-3-2-6-10(15)11(7)13(17)18/h1-6H,(H,17,18). The SMILES string of the molecule is O=C(O)c1c(F)cccc1-c1cccc(Br)c1F. The van der Waals surface area contributed by atoms with Crippen LogP contribution in [0.1, 0.15) is 10.4 Å². The van der Waals surface area contributed by atoms with Crippen molar-refractivity contribution in [2.24, 2.45) is 0 Å². The normalized spacial score (nSPS) is 10.4. The number of carboxylic acids is 1. The predicted molar refractivity (Wildman–Crippen MR) is 66.5 cm³/mol. The summed E-state index contributed by atoms with van der Waals surface area (Å²) in [5.41, 5.74) is -0.475. The molecule has 0 bridgehead atoms. The summed E-state index contributed by atoms with van der Waals surface area (Å²) in [5.74, 6) is -2.94. The highest BCUT2D eigenvalue weighted by Crippen LogP contribution is 2.31. The van der Waals surface area contributed by atoms with Crippen LogP contribution >= 0.6 is 15.9 Å². The van der Waals surface area contributed by atoms with Crippen molar-refractivity contribution in [3.8, 4) is 11.1 Å². The molecule has 0 aliphatic carbocycles. The highest BCUT2D eigenvalue weighted by molar-refractivity contribution is 9.10. The lowest BCUT2D eigenvalue weighted by Gasteiger charge is -2.09. The minimum absolute atomic E-state index is 0.0151. The number of halogens is 3. The molecule has 2 aromatic rings. The van der Waals surface area contributed by atoms with Crippen molar-refractivity contribution in [3.05, 3.63) is 58.1 Å². The summed E-state index contributed by atoms with van der Waals surface area (Å²) in [5, 5.41) is 8.99. The Bertz CT molecular complexity index is 626. The molecule has 0 heterocycles. The van der Waals surface area contributed by atoms with Crippen LogP contribution in [0.3, 0.4) is 0 Å². The van der Waals surface area contributed by atoms with E-state index in [2.05, 4.69) is 15.9 Å². The maximum absolute atomic E-state index is 13.9. The van der Waals surface area contributed by atoms with Gasteiger partial charge in [-0.1, -0.05) is 24.3 Å². The van der Waals surface area contributed by atoms with Gasteiger partial charge in [0.1, 0.15) is 17.2 Å². The van der Waals surface area contributed by atoms with Gasteiger partial charge in [0, 0.05) is 11.1 Å². The molecule has 0 aromatic heterocycles. The minimum atomic E-state index is -1.43. The van der Waals surface area contributed by atoms with Gasteiger partial charge in [-0.25, -0.2) is 13.6 Å². The van der Waals surface area contributed by atoms with Crippen LogP contribution in [0.15, 0.2) is 40.9 Å². The van der Waals surface area contributed by atoms with Crippen molar-refractivity contribution in [3.63, 3.8) is 0 Å². The summed E-state index contributed by atoms with van der Waals surface area (Å²) in [6.45, 7) is 0. The van der Waals surface area contributed by atoms with Crippen LogP contribution in [0.5, 0.6) is 0 Å². The van der Waals surface area contributed by atoms with E-state index in [-0.39, 0.29) is 15.6 Å². The number of hydrogen-bond acceptors (Lipinski definition) is 1. The molecule has 0 saturated heterocycles. The fourth-order valence-electron chi connectivity index (χ4n) is 1.68. The van der Waals surface area contributed by atoms with E-state index in [1.54, 1.807) is 6.07 Å². The molecule has 18 heavy (non-hydrogen) atoms. The molecule has 1 N–H and O–H groups in total. The van der Waals surface area contributed by atoms with Gasteiger partial charge in [0.2, 0.25) is 0 Å². The zero-order valence-electron chi connectivity index (χ0n) is 8.95. The molecule has 0 aliphatic rings. The fraction of sp³-hybridized carbons (Fsp3) is 0. The molecular formula is C13H7BrF2O2. The number of carboxylic acid groups (broad SMARTS) is 1. The van der Waals surface area contributed by atoms with E-state index in [4.69, 9.17) is 5.11 Å². The molecule has 92 valence electrons. The lowest BCUT2D eigenvalue weighted by Crippen LogP contribution is -2.04. The lowest BCUT2D eigenvalue weighted by atomic mass is 9.99. The number of rotatable bonds is 2. The smallest absolute Gasteiger partial charge is 0.339 e. The fourth-order valence-corrected chi connectivity index (χ4v) is 2.04. The van der Waals surface area contributed by atoms with Crippen LogP contribution < -0.4 is 0 Å². The minimum Gasteiger partial charge on any atom is -0.478 e. The van der Waals surface area contributed by atoms with Crippen molar-refractivity contribution in [1.82, 2.24) is 0 Å². The zero-order chi connectivity index (χ0) is 13.3. The van der Waals surface area contributed by atoms with Crippen LogP contribution in [-0.4, -0.2) is 11.1 Å². The Morgan fingerprint density at radius 1 is 1.06 bits per heavy atom. The highest BCUT2D eigenvalue weighted by Gasteiger charge is 2.19. The first-order valence-corrected chi connectivity index (χ1v) is 5.78. The molecule has 0 aliphatic heterocycles. The number of aromatic carboxylic acids is 1. The topological polar surface area (TPSA) is 37.3 Å². The summed E-state index contributed by atoms with van der Waals surface area (Å²) in [7, 11) is 0. The second-order valence-corrected chi connectivity index (χ2v) is 4.42. The quantitative estimate of drug-likeness (QED) is 0.906. The van der Waals surface area contributed by atoms with E-state index < -0.39 is 23.2 Å². The molecular weight excluding hydrogens is 306 g/mol. The Morgan fingerprint density at radius 2 is 1.67 bits per heavy atom. The first kappa shape index (κ1) is 12.7. The largest absolute Gasteiger partial charge is 0.478 e. The molecule has 0 atom stereocenters. The van der Waals surface area contributed by atoms with Crippen LogP contribution in [0, 0.1) is 11.6 Å². The van der Waals surface area contributed by atoms with Crippen molar-refractivity contribution in [2.75, 3.05) is 0 Å². The van der Waals surface area contributed by atoms with Crippen LogP contribution in [-0.2, 0) is 0 Å². The van der Waals surface area contributed by atoms with Gasteiger partial charge in [0.05, 0.1) is 4.47 Å². The number of carbonyl (C=O) groups is 1. The van der Waals surface area contributed by atoms with Crippen LogP contribution in [0.4, 0.5) is 8.78 Å². The molecule has 0 unspecified atom stereocenters. The van der Waals surface area contributed by atoms with Gasteiger partial charge in [-0.05, 0) is 28.1 Å². The molecule has 0 fully saturated rings. The Morgan fingerprint density at radius 3 is 2.33 bits per heavy atom. The van der Waals surface area contributed by atoms with E-state index in [9.17, 15) is 13.6 Å². The summed E-state index contributed by atoms with van der Waals surface area (Å²) in [4.78, 5) is 11.0. The summed E-state index contributed by atoms with van der Waals surface area (Å²) in [6, 6.07) is 8.19. The van der Waals surface area contributed by atoms with Crippen molar-refractivity contribution >= 4 is 21.9 Å². The monoisotopic (exact) mass is 312 g/mol. The van der Waals surface area contributed by atoms with Crippen LogP contribution in [0.2, 0.25) is 0 Å². The summed E-state index contributed by atoms with van der Waals surface area (Å²) >= 11 is 3.01. The van der Waals surface area contributed by atoms with Crippen LogP contribution in [0.25, 0.3) is 11.1 Å². The van der Waals surface area contributed by atoms with E-state index >= 15 is 0 Å². The Kier molecular flexibility index (Phi) is 3.43. The first-order valence-electron chi connectivity index (χ1n) is 4.98. The van der Waals surface area contributed by atoms with Gasteiger partial charge >= 0.3 is 5.97 Å². The first-order chi connectivity index (χ1) is 8.52. The predicted octanol–water partition coefficient (Wildman–Crippen LogP) is 4.09. The third kappa shape index (κ3) is 2.13. The van der Waals surface area contributed by atoms with Gasteiger partial charge in [-0.2, -0.15) is 0 Å². The number of benzene rings is 2. The van der Waals surface area contributed by atoms with Gasteiger partial charge < -0.3 is 5.11 Å². The molecule has 0 saturated carbocycles. The molecule has 2 rings (SSSR count). The molecule has 5 heteroatoms.